The maximum Gasteiger partial charge on any atom is 0.167 e. The van der Waals surface area contributed by atoms with E-state index in [2.05, 4.69) is 14.9 Å². The third-order valence-corrected chi connectivity index (χ3v) is 5.45. The molecular formula is C20H25FN4O2. The predicted molar refractivity (Wildman–Crippen MR) is 101 cm³/mol. The third kappa shape index (κ3) is 3.98. The fourth-order valence-corrected chi connectivity index (χ4v) is 3.43. The van der Waals surface area contributed by atoms with E-state index in [9.17, 15) is 9.50 Å². The second kappa shape index (κ2) is 6.96. The molecule has 1 aliphatic heterocycles. The van der Waals surface area contributed by atoms with Gasteiger partial charge in [-0.05, 0) is 37.8 Å². The van der Waals surface area contributed by atoms with Gasteiger partial charge >= 0.3 is 0 Å². The molecule has 2 heterocycles. The van der Waals surface area contributed by atoms with Gasteiger partial charge in [0.1, 0.15) is 17.7 Å². The first kappa shape index (κ1) is 18.0. The number of anilines is 2. The largest absolute Gasteiger partial charge is 0.484 e. The zero-order chi connectivity index (χ0) is 19.0. The van der Waals surface area contributed by atoms with Gasteiger partial charge in [0, 0.05) is 49.9 Å². The van der Waals surface area contributed by atoms with E-state index in [-0.39, 0.29) is 18.0 Å². The fourth-order valence-electron chi connectivity index (χ4n) is 3.43. The Morgan fingerprint density at radius 2 is 2.15 bits per heavy atom. The predicted octanol–water partition coefficient (Wildman–Crippen LogP) is 2.54. The van der Waals surface area contributed by atoms with Crippen molar-refractivity contribution in [3.05, 3.63) is 41.6 Å². The van der Waals surface area contributed by atoms with Gasteiger partial charge < -0.3 is 20.5 Å². The molecule has 4 rings (SSSR count). The van der Waals surface area contributed by atoms with Crippen molar-refractivity contribution in [2.24, 2.45) is 5.92 Å². The Labute approximate surface area is 158 Å². The van der Waals surface area contributed by atoms with E-state index in [1.807, 2.05) is 13.0 Å². The number of aliphatic hydroxyl groups is 1. The van der Waals surface area contributed by atoms with Crippen LogP contribution >= 0.6 is 0 Å². The molecule has 1 atom stereocenters. The van der Waals surface area contributed by atoms with Crippen LogP contribution in [-0.2, 0) is 6.42 Å². The minimum atomic E-state index is -0.431. The highest BCUT2D eigenvalue weighted by Crippen LogP contribution is 2.41. The first-order valence-corrected chi connectivity index (χ1v) is 9.39. The molecule has 0 unspecified atom stereocenters. The van der Waals surface area contributed by atoms with E-state index >= 15 is 0 Å². The Morgan fingerprint density at radius 1 is 1.33 bits per heavy atom. The molecule has 6 nitrogen and oxygen atoms in total. The van der Waals surface area contributed by atoms with Gasteiger partial charge in [0.05, 0.1) is 5.69 Å². The number of ether oxygens (including phenoxy) is 1. The Morgan fingerprint density at radius 3 is 2.85 bits per heavy atom. The van der Waals surface area contributed by atoms with Crippen LogP contribution in [0.4, 0.5) is 15.9 Å². The number of aromatic nitrogens is 2. The van der Waals surface area contributed by atoms with E-state index in [1.165, 1.54) is 6.07 Å². The van der Waals surface area contributed by atoms with E-state index in [1.54, 1.807) is 12.4 Å². The van der Waals surface area contributed by atoms with Gasteiger partial charge in [-0.25, -0.2) is 14.4 Å². The molecule has 1 aliphatic carbocycles. The van der Waals surface area contributed by atoms with Crippen LogP contribution in [0.5, 0.6) is 5.75 Å². The SMILES string of the molecule is CC1(Oc2cc(Cc3cc(N4CC[C@H](CO)C4)ncn3)c(N)cc2F)CC1. The van der Waals surface area contributed by atoms with Crippen LogP contribution in [0.15, 0.2) is 24.5 Å². The number of aliphatic hydroxyl groups excluding tert-OH is 1. The highest BCUT2D eigenvalue weighted by Gasteiger charge is 2.40. The molecule has 2 aliphatic rings. The van der Waals surface area contributed by atoms with Crippen LogP contribution in [0, 0.1) is 11.7 Å². The van der Waals surface area contributed by atoms with Gasteiger partial charge in [-0.1, -0.05) is 0 Å². The minimum Gasteiger partial charge on any atom is -0.484 e. The normalized spacial score (nSPS) is 20.7. The van der Waals surface area contributed by atoms with Crippen molar-refractivity contribution >= 4 is 11.5 Å². The molecule has 27 heavy (non-hydrogen) atoms. The monoisotopic (exact) mass is 372 g/mol. The summed E-state index contributed by atoms with van der Waals surface area (Å²) in [7, 11) is 0. The summed E-state index contributed by atoms with van der Waals surface area (Å²) in [6, 6.07) is 4.95. The molecule has 2 aromatic rings. The van der Waals surface area contributed by atoms with Crippen LogP contribution < -0.4 is 15.4 Å². The molecule has 0 bridgehead atoms. The highest BCUT2D eigenvalue weighted by atomic mass is 19.1. The number of rotatable bonds is 6. The van der Waals surface area contributed by atoms with E-state index in [0.29, 0.717) is 18.0 Å². The van der Waals surface area contributed by atoms with Crippen molar-refractivity contribution < 1.29 is 14.2 Å². The van der Waals surface area contributed by atoms with Crippen molar-refractivity contribution in [2.45, 2.75) is 38.2 Å². The summed E-state index contributed by atoms with van der Waals surface area (Å²) in [4.78, 5) is 10.9. The molecule has 2 fully saturated rings. The summed E-state index contributed by atoms with van der Waals surface area (Å²) in [5.41, 5.74) is 7.77. The van der Waals surface area contributed by atoms with Gasteiger partial charge in [0.2, 0.25) is 0 Å². The van der Waals surface area contributed by atoms with Gasteiger partial charge in [0.25, 0.3) is 0 Å². The van der Waals surface area contributed by atoms with Crippen LogP contribution in [0.1, 0.15) is 37.4 Å². The van der Waals surface area contributed by atoms with Crippen LogP contribution in [-0.4, -0.2) is 40.4 Å². The Balaban J connectivity index is 1.53. The molecule has 0 radical (unpaired) electrons. The summed E-state index contributed by atoms with van der Waals surface area (Å²) in [6.45, 7) is 3.84. The second-order valence-electron chi connectivity index (χ2n) is 7.86. The molecule has 0 amide bonds. The molecule has 144 valence electrons. The van der Waals surface area contributed by atoms with E-state index in [0.717, 1.165) is 49.4 Å². The molecule has 1 aromatic heterocycles. The average Bonchev–Trinajstić information content (AvgIpc) is 3.19. The average molecular weight is 372 g/mol. The minimum absolute atomic E-state index is 0.197. The molecular weight excluding hydrogens is 347 g/mol. The molecule has 1 aromatic carbocycles. The number of nitrogens with zero attached hydrogens (tertiary/aromatic N) is 3. The number of hydrogen-bond donors (Lipinski definition) is 2. The summed E-state index contributed by atoms with van der Waals surface area (Å²) < 4.78 is 20.0. The third-order valence-electron chi connectivity index (χ3n) is 5.45. The number of halogens is 1. The van der Waals surface area contributed by atoms with Gasteiger partial charge in [-0.2, -0.15) is 0 Å². The molecule has 1 saturated heterocycles. The van der Waals surface area contributed by atoms with Crippen molar-refractivity contribution in [2.75, 3.05) is 30.3 Å². The lowest BCUT2D eigenvalue weighted by atomic mass is 10.1. The van der Waals surface area contributed by atoms with Gasteiger partial charge in [-0.3, -0.25) is 0 Å². The lowest BCUT2D eigenvalue weighted by Gasteiger charge is -2.18. The zero-order valence-corrected chi connectivity index (χ0v) is 15.5. The summed E-state index contributed by atoms with van der Waals surface area (Å²) in [5, 5.41) is 9.33. The number of hydrogen-bond acceptors (Lipinski definition) is 6. The van der Waals surface area contributed by atoms with Crippen molar-refractivity contribution in [3.8, 4) is 5.75 Å². The van der Waals surface area contributed by atoms with Crippen LogP contribution in [0.3, 0.4) is 0 Å². The fraction of sp³-hybridized carbons (Fsp3) is 0.500. The second-order valence-corrected chi connectivity index (χ2v) is 7.86. The van der Waals surface area contributed by atoms with E-state index < -0.39 is 5.82 Å². The lowest BCUT2D eigenvalue weighted by Crippen LogP contribution is -2.22. The van der Waals surface area contributed by atoms with Crippen molar-refractivity contribution in [1.82, 2.24) is 9.97 Å². The molecule has 3 N–H and O–H groups in total. The molecule has 0 spiro atoms. The highest BCUT2D eigenvalue weighted by molar-refractivity contribution is 5.53. The Hall–Kier alpha value is -2.41. The topological polar surface area (TPSA) is 84.5 Å². The number of benzene rings is 1. The van der Waals surface area contributed by atoms with Crippen LogP contribution in [0.25, 0.3) is 0 Å². The Bertz CT molecular complexity index is 841. The lowest BCUT2D eigenvalue weighted by molar-refractivity contribution is 0.191. The van der Waals surface area contributed by atoms with Crippen molar-refractivity contribution in [1.29, 1.82) is 0 Å². The quantitative estimate of drug-likeness (QED) is 0.758. The van der Waals surface area contributed by atoms with Gasteiger partial charge in [0.15, 0.2) is 11.6 Å². The first-order chi connectivity index (χ1) is 13.0. The molecule has 1 saturated carbocycles. The van der Waals surface area contributed by atoms with E-state index in [4.69, 9.17) is 10.5 Å². The van der Waals surface area contributed by atoms with Gasteiger partial charge in [-0.15, -0.1) is 0 Å². The Kier molecular flexibility index (Phi) is 4.63. The maximum atomic E-state index is 14.2. The summed E-state index contributed by atoms with van der Waals surface area (Å²) >= 11 is 0. The zero-order valence-electron chi connectivity index (χ0n) is 15.5. The van der Waals surface area contributed by atoms with Crippen LogP contribution in [0.2, 0.25) is 0 Å². The number of nitrogen functional groups attached to an aromatic ring is 1. The maximum absolute atomic E-state index is 14.2. The number of nitrogens with two attached hydrogens (primary N) is 1. The molecule has 7 heteroatoms. The summed E-state index contributed by atoms with van der Waals surface area (Å²) in [6.07, 6.45) is 4.85. The smallest absolute Gasteiger partial charge is 0.167 e. The van der Waals surface area contributed by atoms with Crippen molar-refractivity contribution in [3.63, 3.8) is 0 Å². The first-order valence-electron chi connectivity index (χ1n) is 9.39. The standard InChI is InChI=1S/C20H25FN4O2/c1-20(3-4-20)27-18-7-14(17(22)9-16(18)21)6-15-8-19(24-12-23-15)25-5-2-13(10-25)11-26/h7-9,12-13,26H,2-6,10-11,22H2,1H3/t13-/m0/s1. The summed E-state index contributed by atoms with van der Waals surface area (Å²) in [5.74, 6) is 0.955.